The number of aromatic nitrogens is 2. The van der Waals surface area contributed by atoms with Crippen LogP contribution >= 0.6 is 0 Å². The molecule has 3 heterocycles. The van der Waals surface area contributed by atoms with Crippen molar-refractivity contribution >= 4 is 38.3 Å². The summed E-state index contributed by atoms with van der Waals surface area (Å²) in [6, 6.07) is 24.3. The van der Waals surface area contributed by atoms with Gasteiger partial charge in [-0.25, -0.2) is 17.4 Å². The number of benzene rings is 3. The third-order valence-electron chi connectivity index (χ3n) is 8.38. The Balaban J connectivity index is 1.48. The molecule has 2 aromatic heterocycles. The molecule has 46 heavy (non-hydrogen) atoms. The molecule has 3 aromatic carbocycles. The molecule has 1 N–H and O–H groups in total. The van der Waals surface area contributed by atoms with E-state index in [0.717, 1.165) is 48.6 Å². The van der Waals surface area contributed by atoms with Gasteiger partial charge in [0.05, 0.1) is 16.3 Å². The minimum absolute atomic E-state index is 0.101. The summed E-state index contributed by atoms with van der Waals surface area (Å²) in [5.41, 5.74) is 6.47. The van der Waals surface area contributed by atoms with Crippen molar-refractivity contribution in [3.63, 3.8) is 0 Å². The molecule has 238 valence electrons. The number of carbonyl (C=O) groups is 1. The van der Waals surface area contributed by atoms with E-state index in [2.05, 4.69) is 54.2 Å². The Morgan fingerprint density at radius 2 is 1.54 bits per heavy atom. The average Bonchev–Trinajstić information content (AvgIpc) is 3.45. The molecule has 0 aliphatic carbocycles. The second-order valence-electron chi connectivity index (χ2n) is 12.4. The van der Waals surface area contributed by atoms with E-state index >= 15 is 0 Å². The number of carbonyl (C=O) groups excluding carboxylic acids is 1. The third-order valence-corrected chi connectivity index (χ3v) is 10.0. The van der Waals surface area contributed by atoms with Crippen molar-refractivity contribution in [2.24, 2.45) is 0 Å². The molecule has 0 spiro atoms. The number of nitrogens with zero attached hydrogens (tertiary/aromatic N) is 5. The number of anilines is 2. The van der Waals surface area contributed by atoms with E-state index in [4.69, 9.17) is 4.98 Å². The smallest absolute Gasteiger partial charge is 0.269 e. The molecule has 10 heteroatoms. The van der Waals surface area contributed by atoms with Crippen LogP contribution in [0.1, 0.15) is 24.2 Å². The molecule has 1 amide bonds. The number of amides is 1. The monoisotopic (exact) mass is 636 g/mol. The van der Waals surface area contributed by atoms with Gasteiger partial charge in [0.2, 0.25) is 0 Å². The van der Waals surface area contributed by atoms with Crippen LogP contribution in [-0.2, 0) is 10.0 Å². The molecule has 0 radical (unpaired) electrons. The molecule has 0 bridgehead atoms. The van der Waals surface area contributed by atoms with Gasteiger partial charge in [-0.3, -0.25) is 4.79 Å². The van der Waals surface area contributed by atoms with Gasteiger partial charge in [-0.05, 0) is 74.5 Å². The number of nitrogens with one attached hydrogen (secondary N) is 1. The van der Waals surface area contributed by atoms with Crippen LogP contribution in [0.2, 0.25) is 0 Å². The van der Waals surface area contributed by atoms with Crippen molar-refractivity contribution in [3.05, 3.63) is 96.8 Å². The highest BCUT2D eigenvalue weighted by Crippen LogP contribution is 2.37. The van der Waals surface area contributed by atoms with Gasteiger partial charge >= 0.3 is 0 Å². The Morgan fingerprint density at radius 1 is 0.870 bits per heavy atom. The van der Waals surface area contributed by atoms with Crippen molar-refractivity contribution < 1.29 is 13.2 Å². The molecule has 9 nitrogen and oxygen atoms in total. The van der Waals surface area contributed by atoms with Gasteiger partial charge in [0.25, 0.3) is 15.9 Å². The maximum absolute atomic E-state index is 13.9. The minimum Gasteiger partial charge on any atom is -0.381 e. The fraction of sp³-hybridized carbons (Fsp3) is 0.278. The molecule has 5 aromatic rings. The lowest BCUT2D eigenvalue weighted by Gasteiger charge is -2.35. The van der Waals surface area contributed by atoms with Gasteiger partial charge in [-0.1, -0.05) is 36.4 Å². The minimum atomic E-state index is -3.93. The van der Waals surface area contributed by atoms with Gasteiger partial charge in [0.1, 0.15) is 0 Å². The molecule has 0 saturated carbocycles. The summed E-state index contributed by atoms with van der Waals surface area (Å²) in [4.78, 5) is 23.8. The standard InChI is InChI=1S/C36H40N6O3S/c1-25(2)38-33-22-28(15-16-34(33)41-19-17-40(5)18-20-41)29-21-31-32(26-11-13-27(14-12-26)36(43)39(3)4)24-42(35(31)37-23-29)46(44,45)30-9-7-6-8-10-30/h6-16,21-25,38H,17-20H2,1-5H3. The fourth-order valence-corrected chi connectivity index (χ4v) is 7.22. The highest BCUT2D eigenvalue weighted by molar-refractivity contribution is 7.90. The maximum atomic E-state index is 13.9. The number of hydrogen-bond acceptors (Lipinski definition) is 7. The van der Waals surface area contributed by atoms with Crippen LogP contribution in [-0.4, -0.2) is 86.4 Å². The molecule has 0 unspecified atom stereocenters. The highest BCUT2D eigenvalue weighted by Gasteiger charge is 2.24. The van der Waals surface area contributed by atoms with E-state index in [1.165, 1.54) is 14.6 Å². The number of fused-ring (bicyclic) bond motifs is 1. The Labute approximate surface area is 271 Å². The van der Waals surface area contributed by atoms with Gasteiger partial charge in [0, 0.05) is 80.8 Å². The number of rotatable bonds is 8. The lowest BCUT2D eigenvalue weighted by molar-refractivity contribution is 0.0827. The predicted octanol–water partition coefficient (Wildman–Crippen LogP) is 5.88. The largest absolute Gasteiger partial charge is 0.381 e. The Hall–Kier alpha value is -4.67. The van der Waals surface area contributed by atoms with Crippen molar-refractivity contribution in [1.29, 1.82) is 0 Å². The van der Waals surface area contributed by atoms with Gasteiger partial charge < -0.3 is 20.0 Å². The van der Waals surface area contributed by atoms with E-state index in [9.17, 15) is 13.2 Å². The zero-order valence-corrected chi connectivity index (χ0v) is 27.8. The summed E-state index contributed by atoms with van der Waals surface area (Å²) >= 11 is 0. The first-order valence-electron chi connectivity index (χ1n) is 15.5. The van der Waals surface area contributed by atoms with Crippen molar-refractivity contribution in [1.82, 2.24) is 18.8 Å². The predicted molar refractivity (Wildman–Crippen MR) is 186 cm³/mol. The SMILES string of the molecule is CC(C)Nc1cc(-c2cnc3c(c2)c(-c2ccc(C(=O)N(C)C)cc2)cn3S(=O)(=O)c2ccccc2)ccc1N1CCN(C)CC1. The number of piperazine rings is 1. The third kappa shape index (κ3) is 6.10. The second kappa shape index (κ2) is 12.6. The van der Waals surface area contributed by atoms with Crippen molar-refractivity contribution in [2.45, 2.75) is 24.8 Å². The second-order valence-corrected chi connectivity index (χ2v) is 14.2. The van der Waals surface area contributed by atoms with Crippen LogP contribution in [0.15, 0.2) is 96.2 Å². The van der Waals surface area contributed by atoms with Gasteiger partial charge in [-0.2, -0.15) is 0 Å². The highest BCUT2D eigenvalue weighted by atomic mass is 32.2. The van der Waals surface area contributed by atoms with Gasteiger partial charge in [-0.15, -0.1) is 0 Å². The van der Waals surface area contributed by atoms with Crippen LogP contribution in [0.25, 0.3) is 33.3 Å². The number of pyridine rings is 1. The summed E-state index contributed by atoms with van der Waals surface area (Å²) in [6.07, 6.45) is 3.38. The van der Waals surface area contributed by atoms with Gasteiger partial charge in [0.15, 0.2) is 5.65 Å². The number of hydrogen-bond donors (Lipinski definition) is 1. The van der Waals surface area contributed by atoms with E-state index in [-0.39, 0.29) is 16.8 Å². The van der Waals surface area contributed by atoms with Crippen LogP contribution in [0.3, 0.4) is 0 Å². The topological polar surface area (TPSA) is 90.8 Å². The molecule has 1 saturated heterocycles. The molecular formula is C36H40N6O3S. The van der Waals surface area contributed by atoms with Crippen LogP contribution in [0, 0.1) is 0 Å². The molecule has 1 aliphatic heterocycles. The summed E-state index contributed by atoms with van der Waals surface area (Å²) in [5, 5.41) is 4.34. The quantitative estimate of drug-likeness (QED) is 0.228. The van der Waals surface area contributed by atoms with E-state index in [1.807, 2.05) is 18.2 Å². The van der Waals surface area contributed by atoms with E-state index < -0.39 is 10.0 Å². The van der Waals surface area contributed by atoms with Crippen molar-refractivity contribution in [3.8, 4) is 22.3 Å². The lowest BCUT2D eigenvalue weighted by Crippen LogP contribution is -2.44. The first kappa shape index (κ1) is 31.3. The Morgan fingerprint density at radius 3 is 2.20 bits per heavy atom. The molecule has 6 rings (SSSR count). The summed E-state index contributed by atoms with van der Waals surface area (Å²) in [7, 11) is 1.65. The maximum Gasteiger partial charge on any atom is 0.269 e. The summed E-state index contributed by atoms with van der Waals surface area (Å²) < 4.78 is 29.0. The molecular weight excluding hydrogens is 597 g/mol. The zero-order chi connectivity index (χ0) is 32.6. The normalized spacial score (nSPS) is 14.2. The Kier molecular flexibility index (Phi) is 8.59. The van der Waals surface area contributed by atoms with E-state index in [1.54, 1.807) is 69.0 Å². The molecule has 1 fully saturated rings. The van der Waals surface area contributed by atoms with Crippen LogP contribution < -0.4 is 10.2 Å². The number of likely N-dealkylation sites (N-methyl/N-ethyl adjacent to an activating group) is 1. The van der Waals surface area contributed by atoms with Crippen molar-refractivity contribution in [2.75, 3.05) is 57.5 Å². The van der Waals surface area contributed by atoms with Crippen LogP contribution in [0.4, 0.5) is 11.4 Å². The fourth-order valence-electron chi connectivity index (χ4n) is 5.87. The first-order chi connectivity index (χ1) is 22.0. The van der Waals surface area contributed by atoms with Crippen LogP contribution in [0.5, 0.6) is 0 Å². The zero-order valence-electron chi connectivity index (χ0n) is 26.9. The first-order valence-corrected chi connectivity index (χ1v) is 16.9. The summed E-state index contributed by atoms with van der Waals surface area (Å²) in [5.74, 6) is -0.101. The lowest BCUT2D eigenvalue weighted by atomic mass is 10.0. The van der Waals surface area contributed by atoms with E-state index in [0.29, 0.717) is 22.2 Å². The molecule has 1 aliphatic rings. The summed E-state index contributed by atoms with van der Waals surface area (Å²) in [6.45, 7) is 8.21. The Bertz CT molecular complexity index is 1980. The molecule has 0 atom stereocenters. The average molecular weight is 637 g/mol.